The molecule has 0 heterocycles. The standard InChI is InChI=1S/C15H28N4O6S/c1-7(2)4-9(16)13(23)19-12(8(3)20)15(25)18-10(6-26)14(24)17-5-11(21)22/h7-10,12,20,26H,4-6,16H2,1-3H3,(H,17,24)(H,18,25)(H,19,23)(H,21,22). The van der Waals surface area contributed by atoms with E-state index in [1.165, 1.54) is 6.92 Å². The van der Waals surface area contributed by atoms with Gasteiger partial charge in [-0.05, 0) is 19.3 Å². The third kappa shape index (κ3) is 9.02. The number of carboxylic acid groups (broad SMARTS) is 1. The summed E-state index contributed by atoms with van der Waals surface area (Å²) >= 11 is 3.94. The Kier molecular flexibility index (Phi) is 10.9. The summed E-state index contributed by atoms with van der Waals surface area (Å²) in [6, 6.07) is -3.30. The first-order valence-corrected chi connectivity index (χ1v) is 8.77. The van der Waals surface area contributed by atoms with Gasteiger partial charge in [0.1, 0.15) is 18.6 Å². The Morgan fingerprint density at radius 3 is 2.04 bits per heavy atom. The second-order valence-corrected chi connectivity index (χ2v) is 6.68. The van der Waals surface area contributed by atoms with Crippen molar-refractivity contribution in [3.63, 3.8) is 0 Å². The fourth-order valence-electron chi connectivity index (χ4n) is 2.02. The summed E-state index contributed by atoms with van der Waals surface area (Å²) in [5.74, 6) is -3.34. The monoisotopic (exact) mass is 392 g/mol. The van der Waals surface area contributed by atoms with Crippen molar-refractivity contribution in [1.82, 2.24) is 16.0 Å². The maximum absolute atomic E-state index is 12.3. The molecule has 0 fully saturated rings. The van der Waals surface area contributed by atoms with Crippen molar-refractivity contribution in [1.29, 1.82) is 0 Å². The molecule has 0 aromatic rings. The first kappa shape index (κ1) is 24.1. The summed E-state index contributed by atoms with van der Waals surface area (Å²) < 4.78 is 0. The Balaban J connectivity index is 4.92. The number of nitrogens with one attached hydrogen (secondary N) is 3. The lowest BCUT2D eigenvalue weighted by molar-refractivity contribution is -0.138. The van der Waals surface area contributed by atoms with Gasteiger partial charge in [-0.1, -0.05) is 13.8 Å². The van der Waals surface area contributed by atoms with E-state index in [0.717, 1.165) is 0 Å². The van der Waals surface area contributed by atoms with Gasteiger partial charge in [0.05, 0.1) is 12.1 Å². The molecule has 0 saturated carbocycles. The van der Waals surface area contributed by atoms with E-state index in [4.69, 9.17) is 10.8 Å². The molecule has 0 spiro atoms. The van der Waals surface area contributed by atoms with Crippen molar-refractivity contribution in [2.24, 2.45) is 11.7 Å². The maximum Gasteiger partial charge on any atom is 0.322 e. The topological polar surface area (TPSA) is 171 Å². The van der Waals surface area contributed by atoms with Crippen molar-refractivity contribution in [2.45, 2.75) is 51.4 Å². The van der Waals surface area contributed by atoms with Gasteiger partial charge in [-0.3, -0.25) is 19.2 Å². The molecule has 10 nitrogen and oxygen atoms in total. The summed E-state index contributed by atoms with van der Waals surface area (Å²) in [5.41, 5.74) is 5.75. The lowest BCUT2D eigenvalue weighted by Crippen LogP contribution is -2.59. The van der Waals surface area contributed by atoms with Crippen LogP contribution in [-0.4, -0.2) is 70.4 Å². The van der Waals surface area contributed by atoms with E-state index < -0.39 is 54.5 Å². The molecule has 0 aliphatic rings. The zero-order chi connectivity index (χ0) is 20.4. The Bertz CT molecular complexity index is 514. The van der Waals surface area contributed by atoms with Crippen molar-refractivity contribution in [3.8, 4) is 0 Å². The fourth-order valence-corrected chi connectivity index (χ4v) is 2.28. The number of aliphatic hydroxyl groups excluding tert-OH is 1. The molecular weight excluding hydrogens is 364 g/mol. The van der Waals surface area contributed by atoms with E-state index in [9.17, 15) is 24.3 Å². The molecule has 11 heteroatoms. The number of hydrogen-bond acceptors (Lipinski definition) is 7. The number of amides is 3. The fraction of sp³-hybridized carbons (Fsp3) is 0.733. The molecule has 3 amide bonds. The highest BCUT2D eigenvalue weighted by molar-refractivity contribution is 7.80. The summed E-state index contributed by atoms with van der Waals surface area (Å²) in [6.07, 6.45) is -0.843. The van der Waals surface area contributed by atoms with Crippen LogP contribution in [0.15, 0.2) is 0 Å². The average molecular weight is 392 g/mol. The van der Waals surface area contributed by atoms with Crippen LogP contribution in [0, 0.1) is 5.92 Å². The van der Waals surface area contributed by atoms with Gasteiger partial charge in [-0.25, -0.2) is 0 Å². The van der Waals surface area contributed by atoms with Crippen LogP contribution in [0.4, 0.5) is 0 Å². The van der Waals surface area contributed by atoms with Crippen LogP contribution in [0.2, 0.25) is 0 Å². The first-order valence-electron chi connectivity index (χ1n) is 8.14. The molecule has 7 N–H and O–H groups in total. The van der Waals surface area contributed by atoms with Crippen LogP contribution in [0.1, 0.15) is 27.2 Å². The highest BCUT2D eigenvalue weighted by Gasteiger charge is 2.30. The van der Waals surface area contributed by atoms with Crippen molar-refractivity contribution < 1.29 is 29.4 Å². The predicted molar refractivity (Wildman–Crippen MR) is 97.5 cm³/mol. The summed E-state index contributed by atoms with van der Waals surface area (Å²) in [6.45, 7) is 4.47. The third-order valence-electron chi connectivity index (χ3n) is 3.35. The number of aliphatic carboxylic acids is 1. The van der Waals surface area contributed by atoms with Gasteiger partial charge in [0.15, 0.2) is 0 Å². The molecule has 0 aromatic carbocycles. The lowest BCUT2D eigenvalue weighted by atomic mass is 10.0. The number of thiol groups is 1. The second kappa shape index (κ2) is 11.7. The van der Waals surface area contributed by atoms with Gasteiger partial charge in [0.2, 0.25) is 17.7 Å². The quantitative estimate of drug-likeness (QED) is 0.196. The normalized spacial score (nSPS) is 15.5. The number of carboxylic acids is 1. The van der Waals surface area contributed by atoms with Crippen molar-refractivity contribution >= 4 is 36.3 Å². The van der Waals surface area contributed by atoms with Crippen molar-refractivity contribution in [2.75, 3.05) is 12.3 Å². The van der Waals surface area contributed by atoms with E-state index in [0.29, 0.717) is 6.42 Å². The number of hydrogen-bond donors (Lipinski definition) is 7. The summed E-state index contributed by atoms with van der Waals surface area (Å²) in [4.78, 5) is 46.7. The molecule has 0 aliphatic heterocycles. The number of nitrogens with two attached hydrogens (primary N) is 1. The minimum Gasteiger partial charge on any atom is -0.480 e. The number of rotatable bonds is 11. The van der Waals surface area contributed by atoms with Crippen LogP contribution in [0.3, 0.4) is 0 Å². The minimum absolute atomic E-state index is 0.107. The number of carbonyl (C=O) groups excluding carboxylic acids is 3. The van der Waals surface area contributed by atoms with Crippen LogP contribution >= 0.6 is 12.6 Å². The predicted octanol–water partition coefficient (Wildman–Crippen LogP) is -2.16. The molecule has 150 valence electrons. The van der Waals surface area contributed by atoms with E-state index in [1.807, 2.05) is 13.8 Å². The molecule has 4 atom stereocenters. The Labute approximate surface area is 157 Å². The summed E-state index contributed by atoms with van der Waals surface area (Å²) in [5, 5.41) is 25.1. The number of carbonyl (C=O) groups is 4. The highest BCUT2D eigenvalue weighted by Crippen LogP contribution is 2.04. The van der Waals surface area contributed by atoms with E-state index in [-0.39, 0.29) is 11.7 Å². The molecule has 0 rings (SSSR count). The second-order valence-electron chi connectivity index (χ2n) is 6.32. The molecule has 26 heavy (non-hydrogen) atoms. The molecule has 0 saturated heterocycles. The van der Waals surface area contributed by atoms with Gasteiger partial charge in [-0.15, -0.1) is 0 Å². The van der Waals surface area contributed by atoms with Gasteiger partial charge >= 0.3 is 5.97 Å². The van der Waals surface area contributed by atoms with Crippen LogP contribution in [0.5, 0.6) is 0 Å². The van der Waals surface area contributed by atoms with Crippen LogP contribution < -0.4 is 21.7 Å². The van der Waals surface area contributed by atoms with Crippen LogP contribution in [0.25, 0.3) is 0 Å². The molecule has 0 aliphatic carbocycles. The molecular formula is C15H28N4O6S. The van der Waals surface area contributed by atoms with Gasteiger partial charge in [-0.2, -0.15) is 12.6 Å². The summed E-state index contributed by atoms with van der Waals surface area (Å²) in [7, 11) is 0. The number of aliphatic hydroxyl groups is 1. The lowest BCUT2D eigenvalue weighted by Gasteiger charge is -2.25. The molecule has 0 aromatic heterocycles. The highest BCUT2D eigenvalue weighted by atomic mass is 32.1. The van der Waals surface area contributed by atoms with E-state index >= 15 is 0 Å². The van der Waals surface area contributed by atoms with Gasteiger partial charge < -0.3 is 31.9 Å². The average Bonchev–Trinajstić information content (AvgIpc) is 2.53. The molecule has 4 unspecified atom stereocenters. The molecule has 0 radical (unpaired) electrons. The maximum atomic E-state index is 12.3. The zero-order valence-corrected chi connectivity index (χ0v) is 16.0. The first-order chi connectivity index (χ1) is 12.0. The Morgan fingerprint density at radius 2 is 1.62 bits per heavy atom. The Hall–Kier alpha value is -1.85. The van der Waals surface area contributed by atoms with E-state index in [2.05, 4.69) is 28.6 Å². The smallest absolute Gasteiger partial charge is 0.322 e. The SMILES string of the molecule is CC(C)CC(N)C(=O)NC(C(=O)NC(CS)C(=O)NCC(=O)O)C(C)O. The molecule has 0 bridgehead atoms. The van der Waals surface area contributed by atoms with Gasteiger partial charge in [0, 0.05) is 5.75 Å². The van der Waals surface area contributed by atoms with E-state index in [1.54, 1.807) is 0 Å². The minimum atomic E-state index is -1.32. The third-order valence-corrected chi connectivity index (χ3v) is 3.72. The van der Waals surface area contributed by atoms with Crippen LogP contribution in [-0.2, 0) is 19.2 Å². The Morgan fingerprint density at radius 1 is 1.04 bits per heavy atom. The zero-order valence-electron chi connectivity index (χ0n) is 15.1. The largest absolute Gasteiger partial charge is 0.480 e. The van der Waals surface area contributed by atoms with Gasteiger partial charge in [0.25, 0.3) is 0 Å². The van der Waals surface area contributed by atoms with Crippen molar-refractivity contribution in [3.05, 3.63) is 0 Å².